The summed E-state index contributed by atoms with van der Waals surface area (Å²) in [7, 11) is 0. The van der Waals surface area contributed by atoms with Crippen LogP contribution >= 0.6 is 23.7 Å². The summed E-state index contributed by atoms with van der Waals surface area (Å²) < 4.78 is 1.51. The highest BCUT2D eigenvalue weighted by Crippen LogP contribution is 2.20. The van der Waals surface area contributed by atoms with Crippen LogP contribution in [0.2, 0.25) is 0 Å². The Morgan fingerprint density at radius 1 is 1.57 bits per heavy atom. The summed E-state index contributed by atoms with van der Waals surface area (Å²) in [5.74, 6) is -0.0513. The first-order valence-electron chi connectivity index (χ1n) is 6.59. The van der Waals surface area contributed by atoms with Crippen LogP contribution in [0.5, 0.6) is 0 Å². The van der Waals surface area contributed by atoms with Crippen molar-refractivity contribution < 1.29 is 4.79 Å². The van der Waals surface area contributed by atoms with Gasteiger partial charge in [-0.3, -0.25) is 4.79 Å². The second kappa shape index (κ2) is 6.97. The quantitative estimate of drug-likeness (QED) is 0.878. The Kier molecular flexibility index (Phi) is 5.27. The summed E-state index contributed by atoms with van der Waals surface area (Å²) in [6.45, 7) is 3.08. The third kappa shape index (κ3) is 3.58. The van der Waals surface area contributed by atoms with Gasteiger partial charge in [0.25, 0.3) is 5.91 Å². The summed E-state index contributed by atoms with van der Waals surface area (Å²) in [5.41, 5.74) is 0.722. The largest absolute Gasteiger partial charge is 0.348 e. The molecule has 0 aromatic carbocycles. The van der Waals surface area contributed by atoms with E-state index in [9.17, 15) is 4.79 Å². The average Bonchev–Trinajstić information content (AvgIpc) is 3.09. The second-order valence-corrected chi connectivity index (χ2v) is 5.86. The molecule has 1 saturated heterocycles. The molecule has 9 heteroatoms. The molecule has 0 spiro atoms. The van der Waals surface area contributed by atoms with Crippen LogP contribution in [0.1, 0.15) is 29.4 Å². The van der Waals surface area contributed by atoms with Crippen molar-refractivity contribution in [2.75, 3.05) is 6.54 Å². The van der Waals surface area contributed by atoms with Crippen molar-refractivity contribution in [1.29, 1.82) is 0 Å². The minimum absolute atomic E-state index is 0. The van der Waals surface area contributed by atoms with Crippen molar-refractivity contribution in [2.45, 2.75) is 31.8 Å². The SMILES string of the molecule is CC1CC(NC(=O)c2sccc2-n2cnnn2)CCN1.Cl. The Morgan fingerprint density at radius 2 is 2.43 bits per heavy atom. The van der Waals surface area contributed by atoms with Crippen LogP contribution < -0.4 is 10.6 Å². The number of thiophene rings is 1. The van der Waals surface area contributed by atoms with Gasteiger partial charge in [0.15, 0.2) is 0 Å². The molecule has 1 aliphatic rings. The first-order chi connectivity index (χ1) is 9.74. The predicted octanol–water partition coefficient (Wildman–Crippen LogP) is 1.02. The molecule has 114 valence electrons. The Bertz CT molecular complexity index is 586. The molecule has 2 atom stereocenters. The van der Waals surface area contributed by atoms with Crippen LogP contribution in [-0.4, -0.2) is 44.7 Å². The molecule has 2 unspecified atom stereocenters. The number of hydrogen-bond donors (Lipinski definition) is 2. The van der Waals surface area contributed by atoms with Gasteiger partial charge in [0.05, 0.1) is 5.69 Å². The summed E-state index contributed by atoms with van der Waals surface area (Å²) in [6.07, 6.45) is 3.41. The third-order valence-electron chi connectivity index (χ3n) is 3.41. The molecule has 1 amide bonds. The van der Waals surface area contributed by atoms with Crippen molar-refractivity contribution in [3.05, 3.63) is 22.7 Å². The van der Waals surface area contributed by atoms with E-state index in [2.05, 4.69) is 33.1 Å². The lowest BCUT2D eigenvalue weighted by Crippen LogP contribution is -2.46. The van der Waals surface area contributed by atoms with E-state index in [4.69, 9.17) is 0 Å². The fraction of sp³-hybridized carbons (Fsp3) is 0.500. The van der Waals surface area contributed by atoms with Gasteiger partial charge in [-0.1, -0.05) is 0 Å². The number of aromatic nitrogens is 4. The van der Waals surface area contributed by atoms with E-state index in [0.717, 1.165) is 25.1 Å². The van der Waals surface area contributed by atoms with E-state index in [1.54, 1.807) is 0 Å². The van der Waals surface area contributed by atoms with Gasteiger partial charge in [0.2, 0.25) is 0 Å². The summed E-state index contributed by atoms with van der Waals surface area (Å²) in [4.78, 5) is 13.0. The zero-order chi connectivity index (χ0) is 13.9. The Labute approximate surface area is 132 Å². The monoisotopic (exact) mass is 328 g/mol. The topological polar surface area (TPSA) is 84.7 Å². The summed E-state index contributed by atoms with van der Waals surface area (Å²) in [5, 5.41) is 19.4. The van der Waals surface area contributed by atoms with Crippen molar-refractivity contribution in [2.24, 2.45) is 0 Å². The highest BCUT2D eigenvalue weighted by molar-refractivity contribution is 7.12. The molecule has 2 aromatic rings. The van der Waals surface area contributed by atoms with Crippen molar-refractivity contribution in [3.63, 3.8) is 0 Å². The van der Waals surface area contributed by atoms with Gasteiger partial charge in [0, 0.05) is 12.1 Å². The van der Waals surface area contributed by atoms with Crippen molar-refractivity contribution in [3.8, 4) is 5.69 Å². The van der Waals surface area contributed by atoms with E-state index in [1.807, 2.05) is 11.4 Å². The zero-order valence-corrected chi connectivity index (χ0v) is 13.2. The smallest absolute Gasteiger partial charge is 0.263 e. The lowest BCUT2D eigenvalue weighted by molar-refractivity contribution is 0.0929. The summed E-state index contributed by atoms with van der Waals surface area (Å²) >= 11 is 1.40. The van der Waals surface area contributed by atoms with Crippen LogP contribution in [0.3, 0.4) is 0 Å². The van der Waals surface area contributed by atoms with Crippen LogP contribution in [0.15, 0.2) is 17.8 Å². The number of halogens is 1. The molecule has 0 aliphatic carbocycles. The molecule has 2 aromatic heterocycles. The highest BCUT2D eigenvalue weighted by Gasteiger charge is 2.22. The van der Waals surface area contributed by atoms with E-state index in [0.29, 0.717) is 10.9 Å². The highest BCUT2D eigenvalue weighted by atomic mass is 35.5. The normalized spacial score (nSPS) is 21.6. The maximum absolute atomic E-state index is 12.4. The third-order valence-corrected chi connectivity index (χ3v) is 4.31. The van der Waals surface area contributed by atoms with E-state index in [1.165, 1.54) is 22.3 Å². The van der Waals surface area contributed by atoms with Gasteiger partial charge in [-0.15, -0.1) is 28.8 Å². The molecule has 1 fully saturated rings. The lowest BCUT2D eigenvalue weighted by atomic mass is 10.0. The van der Waals surface area contributed by atoms with Gasteiger partial charge in [-0.25, -0.2) is 0 Å². The van der Waals surface area contributed by atoms with Crippen LogP contribution in [0.4, 0.5) is 0 Å². The van der Waals surface area contributed by atoms with E-state index in [-0.39, 0.29) is 24.4 Å². The number of carbonyl (C=O) groups excluding carboxylic acids is 1. The van der Waals surface area contributed by atoms with E-state index < -0.39 is 0 Å². The molecule has 3 heterocycles. The molecular formula is C12H17ClN6OS. The lowest BCUT2D eigenvalue weighted by Gasteiger charge is -2.28. The van der Waals surface area contributed by atoms with Crippen LogP contribution in [0, 0.1) is 0 Å². The molecule has 3 rings (SSSR count). The van der Waals surface area contributed by atoms with Gasteiger partial charge < -0.3 is 10.6 Å². The maximum atomic E-state index is 12.4. The van der Waals surface area contributed by atoms with Crippen molar-refractivity contribution in [1.82, 2.24) is 30.8 Å². The number of tetrazole rings is 1. The van der Waals surface area contributed by atoms with Crippen LogP contribution in [0.25, 0.3) is 5.69 Å². The summed E-state index contributed by atoms with van der Waals surface area (Å²) in [6, 6.07) is 2.51. The number of carbonyl (C=O) groups is 1. The Hall–Kier alpha value is -1.51. The molecule has 1 aliphatic heterocycles. The molecule has 7 nitrogen and oxygen atoms in total. The van der Waals surface area contributed by atoms with Crippen LogP contribution in [-0.2, 0) is 0 Å². The van der Waals surface area contributed by atoms with Gasteiger partial charge in [0.1, 0.15) is 11.2 Å². The number of nitrogens with zero attached hydrogens (tertiary/aromatic N) is 4. The first kappa shape index (κ1) is 15.9. The first-order valence-corrected chi connectivity index (χ1v) is 7.47. The molecule has 21 heavy (non-hydrogen) atoms. The molecule has 2 N–H and O–H groups in total. The number of hydrogen-bond acceptors (Lipinski definition) is 6. The van der Waals surface area contributed by atoms with Gasteiger partial charge in [-0.2, -0.15) is 4.68 Å². The maximum Gasteiger partial charge on any atom is 0.263 e. The number of piperidine rings is 1. The zero-order valence-electron chi connectivity index (χ0n) is 11.5. The fourth-order valence-corrected chi connectivity index (χ4v) is 3.22. The van der Waals surface area contributed by atoms with E-state index >= 15 is 0 Å². The second-order valence-electron chi connectivity index (χ2n) is 4.94. The Balaban J connectivity index is 0.00000161. The van der Waals surface area contributed by atoms with Gasteiger partial charge >= 0.3 is 0 Å². The number of nitrogens with one attached hydrogen (secondary N) is 2. The number of amides is 1. The molecular weight excluding hydrogens is 312 g/mol. The molecule has 0 radical (unpaired) electrons. The molecule has 0 saturated carbocycles. The van der Waals surface area contributed by atoms with Gasteiger partial charge in [-0.05, 0) is 48.2 Å². The fourth-order valence-electron chi connectivity index (χ4n) is 2.44. The Morgan fingerprint density at radius 3 is 3.14 bits per heavy atom. The van der Waals surface area contributed by atoms with Crippen molar-refractivity contribution >= 4 is 29.7 Å². The minimum Gasteiger partial charge on any atom is -0.348 e. The molecule has 0 bridgehead atoms. The average molecular weight is 329 g/mol. The predicted molar refractivity (Wildman–Crippen MR) is 82.2 cm³/mol. The number of rotatable bonds is 3. The standard InChI is InChI=1S/C12H16N6OS.ClH/c1-8-6-9(2-4-13-8)15-12(19)11-10(3-5-20-11)18-7-14-16-17-18;/h3,5,7-9,13H,2,4,6H2,1H3,(H,15,19);1H. The minimum atomic E-state index is -0.0513.